The van der Waals surface area contributed by atoms with Crippen LogP contribution in [0.2, 0.25) is 0 Å². The van der Waals surface area contributed by atoms with Gasteiger partial charge >= 0.3 is 5.97 Å². The van der Waals surface area contributed by atoms with E-state index in [4.69, 9.17) is 10.8 Å². The Morgan fingerprint density at radius 1 is 1.63 bits per heavy atom. The lowest BCUT2D eigenvalue weighted by Crippen LogP contribution is -2.55. The number of carboxylic acid groups (broad SMARTS) is 1. The van der Waals surface area contributed by atoms with Gasteiger partial charge in [0.1, 0.15) is 6.04 Å². The van der Waals surface area contributed by atoms with E-state index in [1.54, 1.807) is 20.0 Å². The molecule has 0 aromatic carbocycles. The summed E-state index contributed by atoms with van der Waals surface area (Å²) in [6, 6.07) is -1.98. The number of aromatic amines is 1. The molecule has 106 valence electrons. The third-order valence-electron chi connectivity index (χ3n) is 2.56. The molecular formula is C11H18N4O3S. The number of amides is 1. The molecule has 1 rings (SSSR count). The fourth-order valence-electron chi connectivity index (χ4n) is 1.51. The zero-order valence-electron chi connectivity index (χ0n) is 10.8. The highest BCUT2D eigenvalue weighted by Crippen LogP contribution is 2.18. The number of hydrogen-bond donors (Lipinski definition) is 5. The smallest absolute Gasteiger partial charge is 0.327 e. The molecule has 0 unspecified atom stereocenters. The Balaban J connectivity index is 2.64. The molecule has 5 N–H and O–H groups in total. The van der Waals surface area contributed by atoms with Crippen molar-refractivity contribution in [3.05, 3.63) is 18.2 Å². The van der Waals surface area contributed by atoms with E-state index in [-0.39, 0.29) is 6.42 Å². The van der Waals surface area contributed by atoms with Crippen LogP contribution >= 0.6 is 12.6 Å². The Hall–Kier alpha value is -1.54. The summed E-state index contributed by atoms with van der Waals surface area (Å²) in [7, 11) is 0. The lowest BCUT2D eigenvalue weighted by molar-refractivity contribution is -0.142. The van der Waals surface area contributed by atoms with Crippen LogP contribution in [0.15, 0.2) is 12.5 Å². The van der Waals surface area contributed by atoms with Crippen LogP contribution in [-0.2, 0) is 16.0 Å². The molecule has 0 fully saturated rings. The number of carboxylic acids is 1. The van der Waals surface area contributed by atoms with Gasteiger partial charge < -0.3 is 21.1 Å². The lowest BCUT2D eigenvalue weighted by atomic mass is 10.0. The van der Waals surface area contributed by atoms with E-state index in [2.05, 4.69) is 27.9 Å². The van der Waals surface area contributed by atoms with E-state index in [1.807, 2.05) is 0 Å². The number of carbonyl (C=O) groups is 2. The topological polar surface area (TPSA) is 121 Å². The molecule has 1 heterocycles. The van der Waals surface area contributed by atoms with Gasteiger partial charge in [-0.1, -0.05) is 0 Å². The van der Waals surface area contributed by atoms with E-state index in [9.17, 15) is 9.59 Å². The van der Waals surface area contributed by atoms with Crippen molar-refractivity contribution < 1.29 is 14.7 Å². The maximum atomic E-state index is 11.9. The van der Waals surface area contributed by atoms with Gasteiger partial charge in [-0.15, -0.1) is 0 Å². The Morgan fingerprint density at radius 3 is 2.68 bits per heavy atom. The van der Waals surface area contributed by atoms with Crippen molar-refractivity contribution in [2.24, 2.45) is 5.73 Å². The maximum Gasteiger partial charge on any atom is 0.327 e. The van der Waals surface area contributed by atoms with Crippen molar-refractivity contribution in [1.82, 2.24) is 15.3 Å². The average molecular weight is 286 g/mol. The fourth-order valence-corrected chi connectivity index (χ4v) is 1.69. The molecule has 1 aromatic rings. The van der Waals surface area contributed by atoms with Crippen LogP contribution in [0.25, 0.3) is 0 Å². The predicted molar refractivity (Wildman–Crippen MR) is 72.9 cm³/mol. The van der Waals surface area contributed by atoms with Crippen LogP contribution in [0, 0.1) is 0 Å². The number of aromatic nitrogens is 2. The second kappa shape index (κ2) is 6.07. The number of nitrogens with one attached hydrogen (secondary N) is 2. The van der Waals surface area contributed by atoms with Crippen molar-refractivity contribution in [3.8, 4) is 0 Å². The summed E-state index contributed by atoms with van der Waals surface area (Å²) in [6.07, 6.45) is 3.34. The lowest BCUT2D eigenvalue weighted by Gasteiger charge is -2.27. The Labute approximate surface area is 116 Å². The molecule has 0 aliphatic carbocycles. The van der Waals surface area contributed by atoms with Gasteiger partial charge in [0.2, 0.25) is 5.91 Å². The Bertz CT molecular complexity index is 441. The molecule has 0 aliphatic rings. The van der Waals surface area contributed by atoms with Gasteiger partial charge in [0, 0.05) is 17.4 Å². The minimum Gasteiger partial charge on any atom is -0.480 e. The Kier molecular flexibility index (Phi) is 4.96. The van der Waals surface area contributed by atoms with Gasteiger partial charge in [0.05, 0.1) is 18.1 Å². The molecular weight excluding hydrogens is 268 g/mol. The third kappa shape index (κ3) is 4.56. The summed E-state index contributed by atoms with van der Waals surface area (Å²) >= 11 is 4.17. The van der Waals surface area contributed by atoms with Crippen LogP contribution in [0.4, 0.5) is 0 Å². The number of thiol groups is 1. The molecule has 1 amide bonds. The summed E-state index contributed by atoms with van der Waals surface area (Å²) in [5.74, 6) is -1.70. The average Bonchev–Trinajstić information content (AvgIpc) is 2.75. The normalized spacial score (nSPS) is 14.7. The number of rotatable bonds is 6. The summed E-state index contributed by atoms with van der Waals surface area (Å²) in [5.41, 5.74) is 6.35. The maximum absolute atomic E-state index is 11.9. The summed E-state index contributed by atoms with van der Waals surface area (Å²) in [6.45, 7) is 3.21. The van der Waals surface area contributed by atoms with Gasteiger partial charge in [-0.2, -0.15) is 12.6 Å². The zero-order valence-corrected chi connectivity index (χ0v) is 11.6. The Morgan fingerprint density at radius 2 is 2.26 bits per heavy atom. The molecule has 7 nitrogen and oxygen atoms in total. The molecule has 19 heavy (non-hydrogen) atoms. The number of nitrogens with zero attached hydrogens (tertiary/aromatic N) is 1. The highest BCUT2D eigenvalue weighted by molar-refractivity contribution is 7.81. The molecule has 0 radical (unpaired) electrons. The number of nitrogens with two attached hydrogens (primary N) is 1. The first-order valence-electron chi connectivity index (χ1n) is 5.70. The molecule has 1 aromatic heterocycles. The molecule has 0 spiro atoms. The number of imidazole rings is 1. The number of aliphatic carboxylic acids is 1. The molecule has 0 saturated heterocycles. The predicted octanol–water partition coefficient (Wildman–Crippen LogP) is -0.443. The molecule has 0 bridgehead atoms. The van der Waals surface area contributed by atoms with Crippen LogP contribution in [0.1, 0.15) is 19.5 Å². The molecule has 8 heteroatoms. The van der Waals surface area contributed by atoms with Crippen molar-refractivity contribution in [3.63, 3.8) is 0 Å². The van der Waals surface area contributed by atoms with E-state index in [0.717, 1.165) is 0 Å². The van der Waals surface area contributed by atoms with E-state index in [1.165, 1.54) is 6.33 Å². The second-order valence-corrected chi connectivity index (χ2v) is 5.96. The van der Waals surface area contributed by atoms with Gasteiger partial charge in [-0.3, -0.25) is 4.79 Å². The van der Waals surface area contributed by atoms with Gasteiger partial charge in [-0.25, -0.2) is 9.78 Å². The summed E-state index contributed by atoms with van der Waals surface area (Å²) < 4.78 is -0.895. The third-order valence-corrected chi connectivity index (χ3v) is 2.82. The largest absolute Gasteiger partial charge is 0.480 e. The van der Waals surface area contributed by atoms with E-state index < -0.39 is 28.7 Å². The summed E-state index contributed by atoms with van der Waals surface area (Å²) in [4.78, 5) is 29.7. The van der Waals surface area contributed by atoms with Crippen LogP contribution in [0.3, 0.4) is 0 Å². The first-order valence-corrected chi connectivity index (χ1v) is 6.15. The minimum absolute atomic E-state index is 0.231. The van der Waals surface area contributed by atoms with Gasteiger partial charge in [0.15, 0.2) is 0 Å². The van der Waals surface area contributed by atoms with E-state index in [0.29, 0.717) is 5.69 Å². The zero-order chi connectivity index (χ0) is 14.6. The van der Waals surface area contributed by atoms with Crippen LogP contribution in [-0.4, -0.2) is 43.8 Å². The first kappa shape index (κ1) is 15.5. The van der Waals surface area contributed by atoms with Crippen molar-refractivity contribution in [2.45, 2.75) is 37.1 Å². The minimum atomic E-state index is -1.15. The van der Waals surface area contributed by atoms with Gasteiger partial charge in [0.25, 0.3) is 0 Å². The molecule has 0 aliphatic heterocycles. The van der Waals surface area contributed by atoms with Crippen molar-refractivity contribution in [1.29, 1.82) is 0 Å². The SMILES string of the molecule is CC(C)(S)[C@H](NC(=O)[C@@H](N)Cc1c[nH]cn1)C(=O)O. The van der Waals surface area contributed by atoms with Crippen molar-refractivity contribution in [2.75, 3.05) is 0 Å². The number of carbonyl (C=O) groups excluding carboxylic acids is 1. The fraction of sp³-hybridized carbons (Fsp3) is 0.545. The first-order chi connectivity index (χ1) is 8.71. The molecule has 2 atom stereocenters. The standard InChI is InChI=1S/C11H18N4O3S/c1-11(2,19)8(10(17)18)15-9(16)7(12)3-6-4-13-5-14-6/h4-5,7-8,19H,3,12H2,1-2H3,(H,13,14)(H,15,16)(H,17,18)/t7-,8+/m0/s1. The second-order valence-electron chi connectivity index (χ2n) is 4.80. The summed E-state index contributed by atoms with van der Waals surface area (Å²) in [5, 5.41) is 11.5. The van der Waals surface area contributed by atoms with Crippen molar-refractivity contribution >= 4 is 24.5 Å². The van der Waals surface area contributed by atoms with Gasteiger partial charge in [-0.05, 0) is 13.8 Å². The van der Waals surface area contributed by atoms with Crippen LogP contribution in [0.5, 0.6) is 0 Å². The number of H-pyrrole nitrogens is 1. The van der Waals surface area contributed by atoms with Crippen LogP contribution < -0.4 is 11.1 Å². The van der Waals surface area contributed by atoms with E-state index >= 15 is 0 Å². The monoisotopic (exact) mass is 286 g/mol. The highest BCUT2D eigenvalue weighted by Gasteiger charge is 2.34. The molecule has 0 saturated carbocycles. The highest BCUT2D eigenvalue weighted by atomic mass is 32.1. The quantitative estimate of drug-likeness (QED) is 0.454. The number of hydrogen-bond acceptors (Lipinski definition) is 5.